The van der Waals surface area contributed by atoms with Crippen LogP contribution in [0, 0.1) is 5.41 Å². The van der Waals surface area contributed by atoms with E-state index < -0.39 is 46.1 Å². The predicted octanol–water partition coefficient (Wildman–Crippen LogP) is 5.34. The highest BCUT2D eigenvalue weighted by atomic mass is 19.4. The second-order valence-electron chi connectivity index (χ2n) is 8.00. The minimum atomic E-state index is -5.06. The Morgan fingerprint density at radius 3 is 2.09 bits per heavy atom. The average Bonchev–Trinajstić information content (AvgIpc) is 2.74. The average molecular weight is 464 g/mol. The smallest absolute Gasteiger partial charge is 0.453 e. The van der Waals surface area contributed by atoms with Crippen molar-refractivity contribution in [3.05, 3.63) is 64.0 Å². The van der Waals surface area contributed by atoms with Crippen molar-refractivity contribution in [3.8, 4) is 17.2 Å². The van der Waals surface area contributed by atoms with E-state index in [1.54, 1.807) is 20.8 Å². The Kier molecular flexibility index (Phi) is 6.22. The third-order valence-corrected chi connectivity index (χ3v) is 4.40. The number of esters is 2. The van der Waals surface area contributed by atoms with Gasteiger partial charge in [0.2, 0.25) is 11.2 Å². The van der Waals surface area contributed by atoms with E-state index in [2.05, 4.69) is 4.74 Å². The zero-order valence-corrected chi connectivity index (χ0v) is 18.0. The summed E-state index contributed by atoms with van der Waals surface area (Å²) in [5, 5.41) is -0.209. The zero-order chi connectivity index (χ0) is 24.6. The topological polar surface area (TPSA) is 92.0 Å². The number of carbonyl (C=O) groups is 2. The number of fused-ring (bicyclic) bond motifs is 1. The molecule has 0 saturated carbocycles. The fraction of sp³-hybridized carbons (Fsp3) is 0.261. The summed E-state index contributed by atoms with van der Waals surface area (Å²) in [5.74, 6) is -4.20. The van der Waals surface area contributed by atoms with Gasteiger partial charge in [0.05, 0.1) is 23.5 Å². The van der Waals surface area contributed by atoms with Crippen molar-refractivity contribution in [1.82, 2.24) is 0 Å². The number of rotatable bonds is 4. The number of ether oxygens (including phenoxy) is 3. The molecule has 2 aromatic carbocycles. The molecule has 3 aromatic rings. The highest BCUT2D eigenvalue weighted by Gasteiger charge is 2.40. The van der Waals surface area contributed by atoms with Gasteiger partial charge in [-0.15, -0.1) is 0 Å². The molecule has 0 amide bonds. The first-order valence-electron chi connectivity index (χ1n) is 9.58. The molecule has 3 rings (SSSR count). The molecule has 0 radical (unpaired) electrons. The summed E-state index contributed by atoms with van der Waals surface area (Å²) in [6.07, 6.45) is -5.06. The number of hydrogen-bond acceptors (Lipinski definition) is 7. The molecule has 1 aromatic heterocycles. The maximum atomic E-state index is 13.7. The predicted molar refractivity (Wildman–Crippen MR) is 110 cm³/mol. The number of halogens is 3. The molecule has 10 heteroatoms. The SMILES string of the molecule is COC(=O)c1ccc(Oc2c(C(F)(F)F)oc3cc(OC(=O)C(C)(C)C)ccc3c2=O)cc1. The number of alkyl halides is 3. The van der Waals surface area contributed by atoms with Crippen LogP contribution in [0.2, 0.25) is 0 Å². The fourth-order valence-electron chi connectivity index (χ4n) is 2.65. The van der Waals surface area contributed by atoms with Crippen LogP contribution in [0.1, 0.15) is 36.9 Å². The number of carbonyl (C=O) groups excluding carboxylic acids is 2. The molecule has 174 valence electrons. The van der Waals surface area contributed by atoms with Gasteiger partial charge in [-0.1, -0.05) is 0 Å². The Morgan fingerprint density at radius 2 is 1.55 bits per heavy atom. The molecule has 0 spiro atoms. The lowest BCUT2D eigenvalue weighted by atomic mass is 9.97. The van der Waals surface area contributed by atoms with Crippen LogP contribution in [-0.2, 0) is 15.7 Å². The van der Waals surface area contributed by atoms with Gasteiger partial charge in [-0.3, -0.25) is 9.59 Å². The lowest BCUT2D eigenvalue weighted by molar-refractivity contribution is -0.154. The summed E-state index contributed by atoms with van der Waals surface area (Å²) in [6.45, 7) is 4.83. The Hall–Kier alpha value is -3.82. The number of hydrogen-bond donors (Lipinski definition) is 0. The first-order chi connectivity index (χ1) is 15.3. The van der Waals surface area contributed by atoms with E-state index in [1.165, 1.54) is 43.5 Å². The summed E-state index contributed by atoms with van der Waals surface area (Å²) >= 11 is 0. The molecule has 0 fully saturated rings. The summed E-state index contributed by atoms with van der Waals surface area (Å²) in [4.78, 5) is 36.4. The van der Waals surface area contributed by atoms with Crippen LogP contribution in [0.3, 0.4) is 0 Å². The molecule has 0 aliphatic rings. The lowest BCUT2D eigenvalue weighted by Gasteiger charge is -2.17. The standard InChI is InChI=1S/C23H19F3O7/c1-22(2,3)21(29)32-14-9-10-15-16(11-14)33-19(23(24,25)26)18(17(15)27)31-13-7-5-12(6-8-13)20(28)30-4/h5-11H,1-4H3. The van der Waals surface area contributed by atoms with Crippen LogP contribution < -0.4 is 14.9 Å². The van der Waals surface area contributed by atoms with E-state index in [4.69, 9.17) is 13.9 Å². The van der Waals surface area contributed by atoms with Crippen molar-refractivity contribution in [3.63, 3.8) is 0 Å². The fourth-order valence-corrected chi connectivity index (χ4v) is 2.65. The normalized spacial score (nSPS) is 11.8. The quantitative estimate of drug-likeness (QED) is 0.380. The first-order valence-corrected chi connectivity index (χ1v) is 9.58. The molecular formula is C23H19F3O7. The van der Waals surface area contributed by atoms with Gasteiger partial charge in [-0.2, -0.15) is 13.2 Å². The Bertz CT molecular complexity index is 1270. The van der Waals surface area contributed by atoms with Crippen molar-refractivity contribution in [2.45, 2.75) is 26.9 Å². The second-order valence-corrected chi connectivity index (χ2v) is 8.00. The molecule has 1 heterocycles. The highest BCUT2D eigenvalue weighted by molar-refractivity contribution is 5.89. The van der Waals surface area contributed by atoms with E-state index in [0.29, 0.717) is 0 Å². The highest BCUT2D eigenvalue weighted by Crippen LogP contribution is 2.38. The number of methoxy groups -OCH3 is 1. The third kappa shape index (κ3) is 5.16. The van der Waals surface area contributed by atoms with Gasteiger partial charge in [-0.05, 0) is 57.2 Å². The molecule has 0 unspecified atom stereocenters. The van der Waals surface area contributed by atoms with Crippen molar-refractivity contribution >= 4 is 22.9 Å². The molecule has 0 N–H and O–H groups in total. The third-order valence-electron chi connectivity index (χ3n) is 4.40. The van der Waals surface area contributed by atoms with Gasteiger partial charge in [-0.25, -0.2) is 4.79 Å². The van der Waals surface area contributed by atoms with Gasteiger partial charge in [0.1, 0.15) is 17.1 Å². The van der Waals surface area contributed by atoms with E-state index in [0.717, 1.165) is 6.07 Å². The maximum Gasteiger partial charge on any atom is 0.453 e. The molecule has 0 saturated heterocycles. The Balaban J connectivity index is 2.07. The summed E-state index contributed by atoms with van der Waals surface area (Å²) in [5.41, 5.74) is -2.22. The van der Waals surface area contributed by atoms with Gasteiger partial charge >= 0.3 is 18.1 Å². The lowest BCUT2D eigenvalue weighted by Crippen LogP contribution is -2.25. The Labute approximate surface area is 185 Å². The molecule has 0 bridgehead atoms. The van der Waals surface area contributed by atoms with E-state index in [9.17, 15) is 27.6 Å². The molecule has 0 atom stereocenters. The van der Waals surface area contributed by atoms with Crippen molar-refractivity contribution < 1.29 is 41.4 Å². The Morgan fingerprint density at radius 1 is 0.939 bits per heavy atom. The van der Waals surface area contributed by atoms with Crippen LogP contribution in [-0.4, -0.2) is 19.0 Å². The van der Waals surface area contributed by atoms with Crippen molar-refractivity contribution in [2.24, 2.45) is 5.41 Å². The van der Waals surface area contributed by atoms with Crippen molar-refractivity contribution in [2.75, 3.05) is 7.11 Å². The first kappa shape index (κ1) is 23.8. The molecule has 7 nitrogen and oxygen atoms in total. The zero-order valence-electron chi connectivity index (χ0n) is 18.0. The number of benzene rings is 2. The van der Waals surface area contributed by atoms with E-state index in [1.807, 2.05) is 0 Å². The monoisotopic (exact) mass is 464 g/mol. The molecule has 0 aliphatic heterocycles. The largest absolute Gasteiger partial charge is 0.465 e. The van der Waals surface area contributed by atoms with Gasteiger partial charge in [0.25, 0.3) is 5.76 Å². The second kappa shape index (κ2) is 8.61. The van der Waals surface area contributed by atoms with E-state index in [-0.39, 0.29) is 22.4 Å². The van der Waals surface area contributed by atoms with Crippen molar-refractivity contribution in [1.29, 1.82) is 0 Å². The molecule has 0 aliphatic carbocycles. The van der Waals surface area contributed by atoms with Crippen LogP contribution in [0.4, 0.5) is 13.2 Å². The summed E-state index contributed by atoms with van der Waals surface area (Å²) in [6, 6.07) is 8.45. The molecule has 33 heavy (non-hydrogen) atoms. The minimum absolute atomic E-state index is 0.0780. The van der Waals surface area contributed by atoms with Gasteiger partial charge < -0.3 is 18.6 Å². The molecular weight excluding hydrogens is 445 g/mol. The van der Waals surface area contributed by atoms with Crippen LogP contribution in [0.15, 0.2) is 51.7 Å². The minimum Gasteiger partial charge on any atom is -0.465 e. The van der Waals surface area contributed by atoms with Crippen LogP contribution >= 0.6 is 0 Å². The van der Waals surface area contributed by atoms with Crippen LogP contribution in [0.25, 0.3) is 11.0 Å². The van der Waals surface area contributed by atoms with Gasteiger partial charge in [0.15, 0.2) is 0 Å². The van der Waals surface area contributed by atoms with Gasteiger partial charge in [0, 0.05) is 6.07 Å². The maximum absolute atomic E-state index is 13.7. The summed E-state index contributed by atoms with van der Waals surface area (Å²) in [7, 11) is 1.18. The van der Waals surface area contributed by atoms with E-state index >= 15 is 0 Å². The van der Waals surface area contributed by atoms with Crippen LogP contribution in [0.5, 0.6) is 17.2 Å². The summed E-state index contributed by atoms with van der Waals surface area (Å²) < 4.78 is 61.0.